The molecule has 2 aromatic heterocycles. The van der Waals surface area contributed by atoms with Crippen molar-refractivity contribution >= 4 is 16.7 Å². The van der Waals surface area contributed by atoms with Crippen molar-refractivity contribution in [3.63, 3.8) is 0 Å². The van der Waals surface area contributed by atoms with Crippen LogP contribution in [0.5, 0.6) is 0 Å². The molecule has 0 saturated heterocycles. The summed E-state index contributed by atoms with van der Waals surface area (Å²) in [7, 11) is 0. The molecule has 2 heterocycles. The number of aromatic nitrogens is 4. The minimum Gasteiger partial charge on any atom is -0.347 e. The molecule has 0 aliphatic heterocycles. The van der Waals surface area contributed by atoms with Crippen molar-refractivity contribution in [2.75, 3.05) is 0 Å². The highest BCUT2D eigenvalue weighted by atomic mass is 16.2. The van der Waals surface area contributed by atoms with Crippen LogP contribution in [0, 0.1) is 0 Å². The van der Waals surface area contributed by atoms with E-state index in [0.717, 1.165) is 10.9 Å². The summed E-state index contributed by atoms with van der Waals surface area (Å²) in [5.74, 6) is 0.336. The largest absolute Gasteiger partial charge is 0.347 e. The van der Waals surface area contributed by atoms with Gasteiger partial charge in [0.2, 0.25) is 5.91 Å². The maximum Gasteiger partial charge on any atom is 0.275 e. The van der Waals surface area contributed by atoms with Gasteiger partial charge in [-0.05, 0) is 6.07 Å². The fourth-order valence-electron chi connectivity index (χ4n) is 2.92. The summed E-state index contributed by atoms with van der Waals surface area (Å²) in [6.45, 7) is 0.101. The van der Waals surface area contributed by atoms with E-state index >= 15 is 0 Å². The molecule has 134 valence electrons. The third kappa shape index (κ3) is 3.48. The number of nitrogens with zero attached hydrogens (tertiary/aromatic N) is 3. The van der Waals surface area contributed by atoms with Gasteiger partial charge in [-0.1, -0.05) is 48.5 Å². The summed E-state index contributed by atoms with van der Waals surface area (Å²) in [6.07, 6.45) is 3.30. The highest BCUT2D eigenvalue weighted by Gasteiger charge is 2.14. The molecule has 0 atom stereocenters. The Morgan fingerprint density at radius 3 is 2.52 bits per heavy atom. The maximum atomic E-state index is 12.8. The maximum absolute atomic E-state index is 12.8. The van der Waals surface area contributed by atoms with Crippen LogP contribution < -0.4 is 10.9 Å². The second kappa shape index (κ2) is 7.25. The number of aromatic amines is 1. The predicted octanol–water partition coefficient (Wildman–Crippen LogP) is 2.10. The first kappa shape index (κ1) is 16.7. The Hall–Kier alpha value is -3.74. The number of H-pyrrole nitrogens is 1. The lowest BCUT2D eigenvalue weighted by Crippen LogP contribution is -2.34. The number of nitrogens with one attached hydrogen (secondary N) is 2. The van der Waals surface area contributed by atoms with E-state index in [1.807, 2.05) is 42.5 Å². The van der Waals surface area contributed by atoms with E-state index < -0.39 is 0 Å². The number of benzene rings is 2. The topological polar surface area (TPSA) is 92.7 Å². The lowest BCUT2D eigenvalue weighted by atomic mass is 10.1. The van der Waals surface area contributed by atoms with Crippen molar-refractivity contribution in [1.82, 2.24) is 25.1 Å². The van der Waals surface area contributed by atoms with Gasteiger partial charge >= 0.3 is 0 Å². The second-order valence-electron chi connectivity index (χ2n) is 6.04. The van der Waals surface area contributed by atoms with E-state index in [0.29, 0.717) is 16.9 Å². The SMILES string of the molecule is O=C(Cn1nc(-c2ccccc2)c2ccccc2c1=O)NCc1ncc[nH]1. The molecular weight excluding hydrogens is 342 g/mol. The molecule has 0 saturated carbocycles. The van der Waals surface area contributed by atoms with Crippen LogP contribution in [0.15, 0.2) is 71.8 Å². The number of imidazole rings is 1. The van der Waals surface area contributed by atoms with Gasteiger partial charge in [0.15, 0.2) is 0 Å². The summed E-state index contributed by atoms with van der Waals surface area (Å²) in [5.41, 5.74) is 1.27. The number of amides is 1. The van der Waals surface area contributed by atoms with Crippen molar-refractivity contribution in [2.45, 2.75) is 13.1 Å². The Bertz CT molecular complexity index is 1130. The lowest BCUT2D eigenvalue weighted by Gasteiger charge is -2.11. The monoisotopic (exact) mass is 359 g/mol. The Balaban J connectivity index is 1.69. The van der Waals surface area contributed by atoms with Crippen LogP contribution in [0.4, 0.5) is 0 Å². The zero-order valence-corrected chi connectivity index (χ0v) is 14.4. The first-order valence-corrected chi connectivity index (χ1v) is 8.52. The Morgan fingerprint density at radius 2 is 1.78 bits per heavy atom. The molecule has 0 spiro atoms. The Labute approximate surface area is 154 Å². The average Bonchev–Trinajstić information content (AvgIpc) is 3.23. The summed E-state index contributed by atoms with van der Waals surface area (Å²) in [5, 5.41) is 8.51. The molecule has 27 heavy (non-hydrogen) atoms. The van der Waals surface area contributed by atoms with Crippen LogP contribution in [-0.2, 0) is 17.9 Å². The third-order valence-electron chi connectivity index (χ3n) is 4.22. The molecule has 1 amide bonds. The number of carbonyl (C=O) groups excluding carboxylic acids is 1. The first-order valence-electron chi connectivity index (χ1n) is 8.52. The molecule has 7 heteroatoms. The van der Waals surface area contributed by atoms with Gasteiger partial charge in [-0.25, -0.2) is 9.67 Å². The fourth-order valence-corrected chi connectivity index (χ4v) is 2.92. The van der Waals surface area contributed by atoms with Crippen molar-refractivity contribution in [1.29, 1.82) is 0 Å². The minimum absolute atomic E-state index is 0.162. The number of hydrogen-bond donors (Lipinski definition) is 2. The molecule has 2 aromatic carbocycles. The van der Waals surface area contributed by atoms with Gasteiger partial charge in [0, 0.05) is 23.3 Å². The summed E-state index contributed by atoms with van der Waals surface area (Å²) in [4.78, 5) is 32.0. The van der Waals surface area contributed by atoms with Crippen LogP contribution >= 0.6 is 0 Å². The number of hydrogen-bond acceptors (Lipinski definition) is 4. The van der Waals surface area contributed by atoms with Gasteiger partial charge < -0.3 is 10.3 Å². The summed E-state index contributed by atoms with van der Waals surface area (Å²) < 4.78 is 1.21. The van der Waals surface area contributed by atoms with Crippen LogP contribution in [0.25, 0.3) is 22.0 Å². The molecule has 0 unspecified atom stereocenters. The second-order valence-corrected chi connectivity index (χ2v) is 6.04. The van der Waals surface area contributed by atoms with Crippen molar-refractivity contribution in [2.24, 2.45) is 0 Å². The molecule has 2 N–H and O–H groups in total. The first-order chi connectivity index (χ1) is 13.2. The minimum atomic E-state index is -0.310. The van der Waals surface area contributed by atoms with E-state index in [1.54, 1.807) is 24.5 Å². The molecule has 0 bridgehead atoms. The van der Waals surface area contributed by atoms with Gasteiger partial charge in [-0.3, -0.25) is 9.59 Å². The van der Waals surface area contributed by atoms with E-state index in [9.17, 15) is 9.59 Å². The normalized spacial score (nSPS) is 10.8. The lowest BCUT2D eigenvalue weighted by molar-refractivity contribution is -0.122. The smallest absolute Gasteiger partial charge is 0.275 e. The van der Waals surface area contributed by atoms with Gasteiger partial charge in [0.1, 0.15) is 12.4 Å². The Morgan fingerprint density at radius 1 is 1.04 bits per heavy atom. The summed E-state index contributed by atoms with van der Waals surface area (Å²) >= 11 is 0. The molecule has 7 nitrogen and oxygen atoms in total. The quantitative estimate of drug-likeness (QED) is 0.571. The molecule has 0 aliphatic rings. The van der Waals surface area contributed by atoms with Gasteiger partial charge in [0.25, 0.3) is 5.56 Å². The standard InChI is InChI=1S/C20H17N5O2/c26-18(23-12-17-21-10-11-22-17)13-25-20(27)16-9-5-4-8-15(16)19(24-25)14-6-2-1-3-7-14/h1-11H,12-13H2,(H,21,22)(H,23,26). The van der Waals surface area contributed by atoms with Crippen LogP contribution in [0.3, 0.4) is 0 Å². The van der Waals surface area contributed by atoms with Crippen LogP contribution in [0.1, 0.15) is 5.82 Å². The van der Waals surface area contributed by atoms with Gasteiger partial charge in [-0.15, -0.1) is 0 Å². The zero-order valence-electron chi connectivity index (χ0n) is 14.4. The van der Waals surface area contributed by atoms with E-state index in [1.165, 1.54) is 4.68 Å². The van der Waals surface area contributed by atoms with E-state index in [-0.39, 0.29) is 24.6 Å². The molecule has 0 radical (unpaired) electrons. The highest BCUT2D eigenvalue weighted by molar-refractivity contribution is 5.93. The fraction of sp³-hybridized carbons (Fsp3) is 0.100. The third-order valence-corrected chi connectivity index (χ3v) is 4.22. The van der Waals surface area contributed by atoms with Crippen LogP contribution in [0.2, 0.25) is 0 Å². The molecule has 0 fully saturated rings. The number of fused-ring (bicyclic) bond motifs is 1. The molecule has 0 aliphatic carbocycles. The number of rotatable bonds is 5. The van der Waals surface area contributed by atoms with Crippen molar-refractivity contribution in [3.8, 4) is 11.3 Å². The Kier molecular flexibility index (Phi) is 4.49. The van der Waals surface area contributed by atoms with E-state index in [4.69, 9.17) is 0 Å². The van der Waals surface area contributed by atoms with Crippen molar-refractivity contribution in [3.05, 3.63) is 83.2 Å². The van der Waals surface area contributed by atoms with Gasteiger partial charge in [0.05, 0.1) is 17.6 Å². The summed E-state index contributed by atoms with van der Waals surface area (Å²) in [6, 6.07) is 16.9. The van der Waals surface area contributed by atoms with Crippen LogP contribution in [-0.4, -0.2) is 25.7 Å². The predicted molar refractivity (Wildman–Crippen MR) is 102 cm³/mol. The zero-order chi connectivity index (χ0) is 18.6. The van der Waals surface area contributed by atoms with E-state index in [2.05, 4.69) is 20.4 Å². The van der Waals surface area contributed by atoms with Gasteiger partial charge in [-0.2, -0.15) is 5.10 Å². The average molecular weight is 359 g/mol. The van der Waals surface area contributed by atoms with Crippen molar-refractivity contribution < 1.29 is 4.79 Å². The highest BCUT2D eigenvalue weighted by Crippen LogP contribution is 2.24. The number of carbonyl (C=O) groups is 1. The molecule has 4 aromatic rings. The molecular formula is C20H17N5O2. The molecule has 4 rings (SSSR count).